The van der Waals surface area contributed by atoms with E-state index in [4.69, 9.17) is 10.5 Å². The average Bonchev–Trinajstić information content (AvgIpc) is 2.73. The van der Waals surface area contributed by atoms with Crippen LogP contribution in [0.3, 0.4) is 0 Å². The molecule has 0 spiro atoms. The number of ketones is 1. The number of nitrogens with two attached hydrogens (primary N) is 1. The summed E-state index contributed by atoms with van der Waals surface area (Å²) < 4.78 is 6.75. The third-order valence-electron chi connectivity index (χ3n) is 2.45. The molecule has 5 nitrogen and oxygen atoms in total. The number of hydrogen-bond donors (Lipinski definition) is 1. The van der Waals surface area contributed by atoms with Gasteiger partial charge in [0.05, 0.1) is 30.9 Å². The first-order chi connectivity index (χ1) is 6.68. The lowest BCUT2D eigenvalue weighted by Crippen LogP contribution is -2.34. The Morgan fingerprint density at radius 3 is 3.00 bits per heavy atom. The highest BCUT2D eigenvalue weighted by Gasteiger charge is 2.32. The Morgan fingerprint density at radius 2 is 2.50 bits per heavy atom. The summed E-state index contributed by atoms with van der Waals surface area (Å²) in [4.78, 5) is 11.9. The van der Waals surface area contributed by atoms with E-state index in [2.05, 4.69) is 5.10 Å². The molecule has 0 saturated carbocycles. The van der Waals surface area contributed by atoms with Crippen molar-refractivity contribution in [3.05, 3.63) is 18.0 Å². The fraction of sp³-hybridized carbons (Fsp3) is 0.556. The van der Waals surface area contributed by atoms with E-state index >= 15 is 0 Å². The quantitative estimate of drug-likeness (QED) is 0.650. The molecule has 14 heavy (non-hydrogen) atoms. The molecular formula is C9H13N3O2. The Bertz CT molecular complexity index is 348. The van der Waals surface area contributed by atoms with Crippen molar-refractivity contribution in [2.75, 3.05) is 13.2 Å². The first-order valence-corrected chi connectivity index (χ1v) is 4.54. The van der Waals surface area contributed by atoms with Crippen LogP contribution in [0.4, 0.5) is 0 Å². The van der Waals surface area contributed by atoms with Crippen LogP contribution in [0.5, 0.6) is 0 Å². The zero-order valence-electron chi connectivity index (χ0n) is 8.01. The van der Waals surface area contributed by atoms with E-state index in [1.54, 1.807) is 24.1 Å². The number of carbonyl (C=O) groups is 1. The van der Waals surface area contributed by atoms with Crippen LogP contribution >= 0.6 is 0 Å². The maximum Gasteiger partial charge on any atom is 0.173 e. The van der Waals surface area contributed by atoms with Crippen molar-refractivity contribution >= 4 is 5.78 Å². The van der Waals surface area contributed by atoms with E-state index in [9.17, 15) is 4.79 Å². The standard InChI is InChI=1S/C9H13N3O2/c1-12-3-6(2-11-12)9(13)7-4-14-5-8(7)10/h2-3,7-8H,4-5,10H2,1H3. The third kappa shape index (κ3) is 1.56. The smallest absolute Gasteiger partial charge is 0.173 e. The molecule has 1 aromatic rings. The molecule has 1 aliphatic heterocycles. The predicted octanol–water partition coefficient (Wildman–Crippen LogP) is -0.424. The van der Waals surface area contributed by atoms with Gasteiger partial charge in [-0.15, -0.1) is 0 Å². The second-order valence-electron chi connectivity index (χ2n) is 3.57. The Morgan fingerprint density at radius 1 is 1.71 bits per heavy atom. The van der Waals surface area contributed by atoms with Gasteiger partial charge in [0.25, 0.3) is 0 Å². The molecule has 0 amide bonds. The molecule has 2 unspecified atom stereocenters. The lowest BCUT2D eigenvalue weighted by atomic mass is 9.96. The molecule has 0 radical (unpaired) electrons. The Hall–Kier alpha value is -1.20. The van der Waals surface area contributed by atoms with Crippen molar-refractivity contribution in [2.24, 2.45) is 18.7 Å². The number of Topliss-reactive ketones (excluding diaryl/α,β-unsaturated/α-hetero) is 1. The van der Waals surface area contributed by atoms with Gasteiger partial charge in [0.2, 0.25) is 0 Å². The normalized spacial score (nSPS) is 26.7. The molecule has 76 valence electrons. The first-order valence-electron chi connectivity index (χ1n) is 4.54. The van der Waals surface area contributed by atoms with E-state index < -0.39 is 0 Å². The monoisotopic (exact) mass is 195 g/mol. The maximum absolute atomic E-state index is 11.9. The molecule has 2 N–H and O–H groups in total. The summed E-state index contributed by atoms with van der Waals surface area (Å²) in [6.45, 7) is 0.894. The van der Waals surface area contributed by atoms with Crippen molar-refractivity contribution in [1.82, 2.24) is 9.78 Å². The molecule has 1 saturated heterocycles. The van der Waals surface area contributed by atoms with E-state index in [0.717, 1.165) is 0 Å². The molecule has 2 rings (SSSR count). The van der Waals surface area contributed by atoms with Gasteiger partial charge in [-0.25, -0.2) is 0 Å². The maximum atomic E-state index is 11.9. The van der Waals surface area contributed by atoms with E-state index in [0.29, 0.717) is 18.8 Å². The summed E-state index contributed by atoms with van der Waals surface area (Å²) in [5, 5.41) is 3.95. The average molecular weight is 195 g/mol. The third-order valence-corrected chi connectivity index (χ3v) is 2.45. The van der Waals surface area contributed by atoms with Crippen LogP contribution in [-0.4, -0.2) is 34.8 Å². The number of rotatable bonds is 2. The van der Waals surface area contributed by atoms with Crippen LogP contribution in [-0.2, 0) is 11.8 Å². The van der Waals surface area contributed by atoms with Crippen molar-refractivity contribution in [1.29, 1.82) is 0 Å². The van der Waals surface area contributed by atoms with Crippen LogP contribution in [0.1, 0.15) is 10.4 Å². The van der Waals surface area contributed by atoms with Crippen LogP contribution in [0, 0.1) is 5.92 Å². The van der Waals surface area contributed by atoms with Gasteiger partial charge in [-0.05, 0) is 0 Å². The Kier molecular flexibility index (Phi) is 2.35. The fourth-order valence-electron chi connectivity index (χ4n) is 1.60. The van der Waals surface area contributed by atoms with Crippen molar-refractivity contribution in [3.8, 4) is 0 Å². The van der Waals surface area contributed by atoms with Gasteiger partial charge in [0.15, 0.2) is 5.78 Å². The van der Waals surface area contributed by atoms with E-state index in [1.807, 2.05) is 0 Å². The number of hydrogen-bond acceptors (Lipinski definition) is 4. The summed E-state index contributed by atoms with van der Waals surface area (Å²) in [7, 11) is 1.78. The lowest BCUT2D eigenvalue weighted by molar-refractivity contribution is 0.0896. The minimum Gasteiger partial charge on any atom is -0.379 e. The summed E-state index contributed by atoms with van der Waals surface area (Å²) >= 11 is 0. The van der Waals surface area contributed by atoms with Gasteiger partial charge in [0.1, 0.15) is 0 Å². The fourth-order valence-corrected chi connectivity index (χ4v) is 1.60. The topological polar surface area (TPSA) is 70.1 Å². The molecule has 0 aromatic carbocycles. The molecule has 0 aliphatic carbocycles. The number of nitrogens with zero attached hydrogens (tertiary/aromatic N) is 2. The second-order valence-corrected chi connectivity index (χ2v) is 3.57. The summed E-state index contributed by atoms with van der Waals surface area (Å²) in [5.74, 6) is -0.178. The van der Waals surface area contributed by atoms with Crippen molar-refractivity contribution in [3.63, 3.8) is 0 Å². The van der Waals surface area contributed by atoms with Gasteiger partial charge in [-0.3, -0.25) is 9.48 Å². The molecule has 5 heteroatoms. The van der Waals surface area contributed by atoms with Gasteiger partial charge < -0.3 is 10.5 Å². The molecule has 0 bridgehead atoms. The number of ether oxygens (including phenoxy) is 1. The van der Waals surface area contributed by atoms with Crippen LogP contribution in [0.25, 0.3) is 0 Å². The van der Waals surface area contributed by atoms with Gasteiger partial charge in [0, 0.05) is 19.3 Å². The molecule has 2 heterocycles. The summed E-state index contributed by atoms with van der Waals surface area (Å²) in [6, 6.07) is -0.178. The predicted molar refractivity (Wildman–Crippen MR) is 49.8 cm³/mol. The van der Waals surface area contributed by atoms with Crippen LogP contribution in [0.15, 0.2) is 12.4 Å². The second kappa shape index (κ2) is 3.51. The lowest BCUT2D eigenvalue weighted by Gasteiger charge is -2.09. The molecular weight excluding hydrogens is 182 g/mol. The van der Waals surface area contributed by atoms with Gasteiger partial charge >= 0.3 is 0 Å². The van der Waals surface area contributed by atoms with Gasteiger partial charge in [-0.1, -0.05) is 0 Å². The van der Waals surface area contributed by atoms with Crippen molar-refractivity contribution < 1.29 is 9.53 Å². The summed E-state index contributed by atoms with van der Waals surface area (Å²) in [6.07, 6.45) is 3.26. The zero-order valence-corrected chi connectivity index (χ0v) is 8.01. The SMILES string of the molecule is Cn1cc(C(=O)C2COCC2N)cn1. The van der Waals surface area contributed by atoms with Gasteiger partial charge in [-0.2, -0.15) is 5.10 Å². The highest BCUT2D eigenvalue weighted by Crippen LogP contribution is 2.17. The number of aromatic nitrogens is 2. The minimum atomic E-state index is -0.209. The Balaban J connectivity index is 2.15. The molecule has 1 fully saturated rings. The largest absolute Gasteiger partial charge is 0.379 e. The van der Waals surface area contributed by atoms with Crippen molar-refractivity contribution in [2.45, 2.75) is 6.04 Å². The number of aryl methyl sites for hydroxylation is 1. The minimum absolute atomic E-state index is 0.0306. The Labute approximate surface area is 81.8 Å². The molecule has 1 aliphatic rings. The van der Waals surface area contributed by atoms with E-state index in [1.165, 1.54) is 0 Å². The first kappa shape index (κ1) is 9.36. The highest BCUT2D eigenvalue weighted by atomic mass is 16.5. The zero-order chi connectivity index (χ0) is 10.1. The summed E-state index contributed by atoms with van der Waals surface area (Å²) in [5.41, 5.74) is 6.36. The molecule has 1 aromatic heterocycles. The highest BCUT2D eigenvalue weighted by molar-refractivity contribution is 5.98. The number of carbonyl (C=O) groups excluding carboxylic acids is 1. The molecule has 2 atom stereocenters. The van der Waals surface area contributed by atoms with Crippen LogP contribution < -0.4 is 5.73 Å². The van der Waals surface area contributed by atoms with E-state index in [-0.39, 0.29) is 17.7 Å². The van der Waals surface area contributed by atoms with Crippen LogP contribution in [0.2, 0.25) is 0 Å².